The van der Waals surface area contributed by atoms with Crippen LogP contribution in [0.1, 0.15) is 18.4 Å². The molecular weight excluding hydrogens is 236 g/mol. The molecule has 1 aromatic heterocycles. The van der Waals surface area contributed by atoms with E-state index in [1.165, 1.54) is 0 Å². The molecule has 17 heavy (non-hydrogen) atoms. The van der Waals surface area contributed by atoms with E-state index < -0.39 is 0 Å². The fourth-order valence-corrected chi connectivity index (χ4v) is 1.94. The zero-order valence-electron chi connectivity index (χ0n) is 9.98. The van der Waals surface area contributed by atoms with Crippen LogP contribution in [0.4, 0.5) is 0 Å². The summed E-state index contributed by atoms with van der Waals surface area (Å²) in [4.78, 5) is 4.33. The van der Waals surface area contributed by atoms with E-state index >= 15 is 0 Å². The first-order valence-electron chi connectivity index (χ1n) is 5.60. The molecule has 1 aromatic carbocycles. The van der Waals surface area contributed by atoms with Crippen LogP contribution in [-0.2, 0) is 13.2 Å². The van der Waals surface area contributed by atoms with Crippen LogP contribution in [0.25, 0.3) is 0 Å². The Bertz CT molecular complexity index is 508. The van der Waals surface area contributed by atoms with Gasteiger partial charge in [-0.05, 0) is 32.0 Å². The summed E-state index contributed by atoms with van der Waals surface area (Å²) in [7, 11) is 0. The average Bonchev–Trinajstić information content (AvgIpc) is 2.67. The lowest BCUT2D eigenvalue weighted by Gasteiger charge is -2.09. The first kappa shape index (κ1) is 12.0. The van der Waals surface area contributed by atoms with Crippen LogP contribution in [0.3, 0.4) is 0 Å². The molecule has 0 unspecified atom stereocenters. The van der Waals surface area contributed by atoms with Gasteiger partial charge in [-0.2, -0.15) is 0 Å². The Morgan fingerprint density at radius 1 is 1.41 bits per heavy atom. The first-order chi connectivity index (χ1) is 8.20. The molecule has 0 bridgehead atoms. The summed E-state index contributed by atoms with van der Waals surface area (Å²) in [6.45, 7) is 5.50. The molecule has 4 heteroatoms. The zero-order chi connectivity index (χ0) is 12.3. The molecular formula is C13H15ClN2O. The van der Waals surface area contributed by atoms with Crippen molar-refractivity contribution >= 4 is 11.6 Å². The number of hydrogen-bond acceptors (Lipinski definition) is 2. The fraction of sp³-hybridized carbons (Fsp3) is 0.308. The third-order valence-electron chi connectivity index (χ3n) is 2.62. The van der Waals surface area contributed by atoms with Crippen molar-refractivity contribution in [1.82, 2.24) is 9.55 Å². The first-order valence-corrected chi connectivity index (χ1v) is 5.98. The topological polar surface area (TPSA) is 27.1 Å². The van der Waals surface area contributed by atoms with Crippen molar-refractivity contribution in [3.8, 4) is 5.75 Å². The van der Waals surface area contributed by atoms with E-state index in [1.807, 2.05) is 31.3 Å². The van der Waals surface area contributed by atoms with Gasteiger partial charge in [0, 0.05) is 23.5 Å². The number of halogens is 1. The Hall–Kier alpha value is -1.48. The summed E-state index contributed by atoms with van der Waals surface area (Å²) in [5.74, 6) is 1.70. The quantitative estimate of drug-likeness (QED) is 0.831. The van der Waals surface area contributed by atoms with Crippen molar-refractivity contribution in [2.24, 2.45) is 0 Å². The number of rotatable bonds is 4. The van der Waals surface area contributed by atoms with Crippen LogP contribution in [0, 0.1) is 6.92 Å². The van der Waals surface area contributed by atoms with Crippen LogP contribution in [-0.4, -0.2) is 9.55 Å². The number of ether oxygens (including phenoxy) is 1. The van der Waals surface area contributed by atoms with Gasteiger partial charge in [0.25, 0.3) is 0 Å². The highest BCUT2D eigenvalue weighted by atomic mass is 35.5. The minimum atomic E-state index is 0.460. The van der Waals surface area contributed by atoms with Gasteiger partial charge in [0.1, 0.15) is 18.2 Å². The predicted octanol–water partition coefficient (Wildman–Crippen LogP) is 3.44. The molecule has 90 valence electrons. The Kier molecular flexibility index (Phi) is 3.69. The standard InChI is InChI=1S/C13H15ClN2O/c1-3-16-10(2)8-15-13(16)9-17-12-6-4-5-11(14)7-12/h4-8H,3,9H2,1-2H3. The molecule has 2 rings (SSSR count). The molecule has 0 N–H and O–H groups in total. The van der Waals surface area contributed by atoms with Crippen LogP contribution < -0.4 is 4.74 Å². The van der Waals surface area contributed by atoms with E-state index in [1.54, 1.807) is 6.07 Å². The molecule has 0 atom stereocenters. The van der Waals surface area contributed by atoms with Gasteiger partial charge >= 0.3 is 0 Å². The van der Waals surface area contributed by atoms with Crippen LogP contribution in [0.2, 0.25) is 5.02 Å². The lowest BCUT2D eigenvalue weighted by Crippen LogP contribution is -2.07. The largest absolute Gasteiger partial charge is 0.486 e. The lowest BCUT2D eigenvalue weighted by molar-refractivity contribution is 0.289. The molecule has 1 heterocycles. The number of aromatic nitrogens is 2. The van der Waals surface area contributed by atoms with Crippen molar-refractivity contribution in [3.05, 3.63) is 47.0 Å². The van der Waals surface area contributed by atoms with Crippen molar-refractivity contribution in [1.29, 1.82) is 0 Å². The van der Waals surface area contributed by atoms with Gasteiger partial charge in [0.05, 0.1) is 0 Å². The predicted molar refractivity (Wildman–Crippen MR) is 68.4 cm³/mol. The summed E-state index contributed by atoms with van der Waals surface area (Å²) in [6, 6.07) is 7.38. The van der Waals surface area contributed by atoms with E-state index in [0.29, 0.717) is 11.6 Å². The van der Waals surface area contributed by atoms with Gasteiger partial charge in [0.15, 0.2) is 0 Å². The Morgan fingerprint density at radius 3 is 2.94 bits per heavy atom. The molecule has 0 amide bonds. The molecule has 2 aromatic rings. The van der Waals surface area contributed by atoms with E-state index in [4.69, 9.17) is 16.3 Å². The zero-order valence-corrected chi connectivity index (χ0v) is 10.7. The SMILES string of the molecule is CCn1c(C)cnc1COc1cccc(Cl)c1. The molecule has 0 saturated heterocycles. The summed E-state index contributed by atoms with van der Waals surface area (Å²) < 4.78 is 7.79. The number of aryl methyl sites for hydroxylation is 1. The average molecular weight is 251 g/mol. The van der Waals surface area contributed by atoms with Gasteiger partial charge in [-0.25, -0.2) is 4.98 Å². The summed E-state index contributed by atoms with van der Waals surface area (Å²) in [5.41, 5.74) is 1.15. The maximum atomic E-state index is 5.89. The maximum absolute atomic E-state index is 5.89. The normalized spacial score (nSPS) is 10.5. The summed E-state index contributed by atoms with van der Waals surface area (Å²) >= 11 is 5.89. The molecule has 0 aliphatic heterocycles. The highest BCUT2D eigenvalue weighted by Crippen LogP contribution is 2.18. The van der Waals surface area contributed by atoms with Crippen LogP contribution >= 0.6 is 11.6 Å². The van der Waals surface area contributed by atoms with Crippen molar-refractivity contribution in [2.75, 3.05) is 0 Å². The van der Waals surface area contributed by atoms with Crippen LogP contribution in [0.15, 0.2) is 30.5 Å². The van der Waals surface area contributed by atoms with Gasteiger partial charge in [0.2, 0.25) is 0 Å². The third-order valence-corrected chi connectivity index (χ3v) is 2.85. The molecule has 0 saturated carbocycles. The Morgan fingerprint density at radius 2 is 2.24 bits per heavy atom. The highest BCUT2D eigenvalue weighted by molar-refractivity contribution is 6.30. The molecule has 0 aliphatic rings. The number of hydrogen-bond donors (Lipinski definition) is 0. The summed E-state index contributed by atoms with van der Waals surface area (Å²) in [5, 5.41) is 0.678. The minimum absolute atomic E-state index is 0.460. The molecule has 0 spiro atoms. The van der Waals surface area contributed by atoms with Gasteiger partial charge in [-0.1, -0.05) is 17.7 Å². The molecule has 0 fully saturated rings. The number of nitrogens with zero attached hydrogens (tertiary/aromatic N) is 2. The lowest BCUT2D eigenvalue weighted by atomic mass is 10.3. The minimum Gasteiger partial charge on any atom is -0.486 e. The summed E-state index contributed by atoms with van der Waals surface area (Å²) in [6.07, 6.45) is 1.86. The number of imidazole rings is 1. The monoisotopic (exact) mass is 250 g/mol. The van der Waals surface area contributed by atoms with E-state index in [0.717, 1.165) is 23.8 Å². The van der Waals surface area contributed by atoms with E-state index in [-0.39, 0.29) is 0 Å². The smallest absolute Gasteiger partial charge is 0.146 e. The van der Waals surface area contributed by atoms with E-state index in [9.17, 15) is 0 Å². The van der Waals surface area contributed by atoms with Gasteiger partial charge in [-0.15, -0.1) is 0 Å². The van der Waals surface area contributed by atoms with Crippen molar-refractivity contribution in [2.45, 2.75) is 27.0 Å². The second-order valence-corrected chi connectivity index (χ2v) is 4.24. The van der Waals surface area contributed by atoms with Crippen LogP contribution in [0.5, 0.6) is 5.75 Å². The Balaban J connectivity index is 2.07. The van der Waals surface area contributed by atoms with Gasteiger partial charge in [-0.3, -0.25) is 0 Å². The van der Waals surface area contributed by atoms with Crippen molar-refractivity contribution in [3.63, 3.8) is 0 Å². The van der Waals surface area contributed by atoms with Gasteiger partial charge < -0.3 is 9.30 Å². The molecule has 3 nitrogen and oxygen atoms in total. The fourth-order valence-electron chi connectivity index (χ4n) is 1.76. The van der Waals surface area contributed by atoms with Crippen molar-refractivity contribution < 1.29 is 4.74 Å². The third kappa shape index (κ3) is 2.80. The highest BCUT2D eigenvalue weighted by Gasteiger charge is 2.05. The number of benzene rings is 1. The Labute approximate surface area is 106 Å². The second-order valence-electron chi connectivity index (χ2n) is 3.81. The molecule has 0 radical (unpaired) electrons. The maximum Gasteiger partial charge on any atom is 0.146 e. The molecule has 0 aliphatic carbocycles. The second kappa shape index (κ2) is 5.23. The van der Waals surface area contributed by atoms with E-state index in [2.05, 4.69) is 16.5 Å².